The number of methoxy groups -OCH3 is 1. The third kappa shape index (κ3) is 3.33. The second-order valence-electron chi connectivity index (χ2n) is 6.73. The van der Waals surface area contributed by atoms with E-state index in [9.17, 15) is 5.11 Å². The molecule has 21 heavy (non-hydrogen) atoms. The maximum Gasteiger partial charge on any atom is 0.119 e. The van der Waals surface area contributed by atoms with Gasteiger partial charge in [-0.15, -0.1) is 0 Å². The summed E-state index contributed by atoms with van der Waals surface area (Å²) >= 11 is 0. The minimum absolute atomic E-state index is 0.0561. The van der Waals surface area contributed by atoms with Gasteiger partial charge in [0.05, 0.1) is 19.8 Å². The monoisotopic (exact) mass is 293 g/mol. The summed E-state index contributed by atoms with van der Waals surface area (Å²) in [5.74, 6) is 1.63. The van der Waals surface area contributed by atoms with Crippen LogP contribution < -0.4 is 15.2 Å². The summed E-state index contributed by atoms with van der Waals surface area (Å²) < 4.78 is 10.9. The molecule has 0 saturated heterocycles. The normalized spacial score (nSPS) is 27.6. The minimum Gasteiger partial charge on any atom is -0.497 e. The highest BCUT2D eigenvalue weighted by Gasteiger charge is 2.50. The summed E-state index contributed by atoms with van der Waals surface area (Å²) in [6.45, 7) is 5.29. The van der Waals surface area contributed by atoms with Gasteiger partial charge in [0.1, 0.15) is 11.5 Å². The molecule has 1 aliphatic rings. The highest BCUT2D eigenvalue weighted by molar-refractivity contribution is 5.31. The van der Waals surface area contributed by atoms with E-state index in [0.717, 1.165) is 30.8 Å². The average molecular weight is 293 g/mol. The van der Waals surface area contributed by atoms with Crippen molar-refractivity contribution in [3.8, 4) is 11.5 Å². The molecule has 3 N–H and O–H groups in total. The van der Waals surface area contributed by atoms with Crippen LogP contribution in [0.2, 0.25) is 0 Å². The largest absolute Gasteiger partial charge is 0.497 e. The number of aliphatic hydroxyl groups excluding tert-OH is 1. The van der Waals surface area contributed by atoms with Crippen molar-refractivity contribution in [3.63, 3.8) is 0 Å². The molecule has 0 radical (unpaired) electrons. The van der Waals surface area contributed by atoms with Gasteiger partial charge in [-0.1, -0.05) is 13.8 Å². The maximum atomic E-state index is 10.6. The second kappa shape index (κ2) is 6.24. The lowest BCUT2D eigenvalue weighted by molar-refractivity contribution is -0.0147. The molecule has 0 aromatic heterocycles. The third-order valence-electron chi connectivity index (χ3n) is 4.92. The van der Waals surface area contributed by atoms with Crippen LogP contribution in [0.4, 0.5) is 0 Å². The Morgan fingerprint density at radius 2 is 1.81 bits per heavy atom. The van der Waals surface area contributed by atoms with Gasteiger partial charge in [-0.05, 0) is 48.9 Å². The Morgan fingerprint density at radius 1 is 1.19 bits per heavy atom. The number of nitrogens with two attached hydrogens (primary N) is 1. The van der Waals surface area contributed by atoms with Gasteiger partial charge in [-0.2, -0.15) is 0 Å². The minimum atomic E-state index is -0.366. The molecule has 4 nitrogen and oxygen atoms in total. The van der Waals surface area contributed by atoms with Crippen molar-refractivity contribution in [2.75, 3.05) is 20.3 Å². The van der Waals surface area contributed by atoms with Crippen molar-refractivity contribution in [1.29, 1.82) is 0 Å². The molecule has 118 valence electrons. The van der Waals surface area contributed by atoms with Crippen LogP contribution in [0.3, 0.4) is 0 Å². The van der Waals surface area contributed by atoms with Crippen molar-refractivity contribution in [2.45, 2.75) is 39.2 Å². The molecule has 2 unspecified atom stereocenters. The molecule has 1 aromatic carbocycles. The Morgan fingerprint density at radius 3 is 2.29 bits per heavy atom. The van der Waals surface area contributed by atoms with Crippen molar-refractivity contribution in [1.82, 2.24) is 0 Å². The van der Waals surface area contributed by atoms with Gasteiger partial charge in [0, 0.05) is 12.0 Å². The second-order valence-corrected chi connectivity index (χ2v) is 6.73. The molecule has 0 heterocycles. The van der Waals surface area contributed by atoms with Crippen LogP contribution >= 0.6 is 0 Å². The van der Waals surface area contributed by atoms with Crippen LogP contribution in [-0.2, 0) is 0 Å². The Hall–Kier alpha value is -1.26. The number of ether oxygens (including phenoxy) is 2. The molecular formula is C17H27NO3. The molecule has 1 saturated carbocycles. The number of hydrogen-bond donors (Lipinski definition) is 2. The number of rotatable bonds is 6. The lowest BCUT2D eigenvalue weighted by atomic mass is 9.76. The van der Waals surface area contributed by atoms with E-state index in [1.54, 1.807) is 7.11 Å². The Labute approximate surface area is 127 Å². The topological polar surface area (TPSA) is 64.7 Å². The molecule has 2 rings (SSSR count). The molecule has 1 aromatic rings. The molecule has 1 aliphatic carbocycles. The first-order valence-corrected chi connectivity index (χ1v) is 7.58. The van der Waals surface area contributed by atoms with Crippen LogP contribution in [0.15, 0.2) is 24.3 Å². The maximum absolute atomic E-state index is 10.6. The van der Waals surface area contributed by atoms with Gasteiger partial charge in [0.25, 0.3) is 0 Å². The zero-order valence-electron chi connectivity index (χ0n) is 13.3. The number of benzene rings is 1. The fraction of sp³-hybridized carbons (Fsp3) is 0.647. The molecule has 0 aliphatic heterocycles. The fourth-order valence-corrected chi connectivity index (χ4v) is 3.29. The molecular weight excluding hydrogens is 266 g/mol. The predicted molar refractivity (Wildman–Crippen MR) is 83.6 cm³/mol. The zero-order chi connectivity index (χ0) is 15.5. The molecule has 2 atom stereocenters. The van der Waals surface area contributed by atoms with Gasteiger partial charge >= 0.3 is 0 Å². The van der Waals surface area contributed by atoms with Crippen LogP contribution in [-0.4, -0.2) is 31.5 Å². The predicted octanol–water partition coefficient (Wildman–Crippen LogP) is 2.59. The van der Waals surface area contributed by atoms with Gasteiger partial charge in [-0.25, -0.2) is 0 Å². The van der Waals surface area contributed by atoms with Gasteiger partial charge < -0.3 is 20.3 Å². The Balaban J connectivity index is 1.92. The lowest BCUT2D eigenvalue weighted by Gasteiger charge is -2.35. The summed E-state index contributed by atoms with van der Waals surface area (Å²) in [5.41, 5.74) is 5.70. The van der Waals surface area contributed by atoms with E-state index in [2.05, 4.69) is 13.8 Å². The summed E-state index contributed by atoms with van der Waals surface area (Å²) in [5, 5.41) is 10.6. The van der Waals surface area contributed by atoms with E-state index in [1.165, 1.54) is 0 Å². The quantitative estimate of drug-likeness (QED) is 0.846. The summed E-state index contributed by atoms with van der Waals surface area (Å²) in [7, 11) is 1.64. The first kappa shape index (κ1) is 16.1. The van der Waals surface area contributed by atoms with Gasteiger partial charge in [0.2, 0.25) is 0 Å². The van der Waals surface area contributed by atoms with Crippen LogP contribution in [0.1, 0.15) is 33.1 Å². The third-order valence-corrected chi connectivity index (χ3v) is 4.92. The Kier molecular flexibility index (Phi) is 4.79. The van der Waals surface area contributed by atoms with Crippen LogP contribution in [0.25, 0.3) is 0 Å². The summed E-state index contributed by atoms with van der Waals surface area (Å²) in [6, 6.07) is 7.54. The smallest absolute Gasteiger partial charge is 0.119 e. The first-order valence-electron chi connectivity index (χ1n) is 7.58. The van der Waals surface area contributed by atoms with E-state index in [4.69, 9.17) is 15.2 Å². The average Bonchev–Trinajstić information content (AvgIpc) is 2.72. The SMILES string of the molecule is COc1ccc(OCCC2(CN)CCC(C)(C)C2O)cc1. The first-order chi connectivity index (χ1) is 9.93. The van der Waals surface area contributed by atoms with E-state index in [1.807, 2.05) is 24.3 Å². The summed E-state index contributed by atoms with van der Waals surface area (Å²) in [4.78, 5) is 0. The zero-order valence-corrected chi connectivity index (χ0v) is 13.3. The van der Waals surface area contributed by atoms with Gasteiger partial charge in [-0.3, -0.25) is 0 Å². The number of hydrogen-bond acceptors (Lipinski definition) is 4. The van der Waals surface area contributed by atoms with E-state index in [0.29, 0.717) is 13.2 Å². The standard InChI is InChI=1S/C17H27NO3/c1-16(2)8-9-17(12-18,15(16)19)10-11-21-14-6-4-13(20-3)5-7-14/h4-7,15,19H,8-12,18H2,1-3H3. The van der Waals surface area contributed by atoms with E-state index in [-0.39, 0.29) is 16.9 Å². The highest BCUT2D eigenvalue weighted by Crippen LogP contribution is 2.50. The fourth-order valence-electron chi connectivity index (χ4n) is 3.29. The van der Waals surface area contributed by atoms with Crippen molar-refractivity contribution in [3.05, 3.63) is 24.3 Å². The van der Waals surface area contributed by atoms with E-state index >= 15 is 0 Å². The van der Waals surface area contributed by atoms with Crippen molar-refractivity contribution >= 4 is 0 Å². The molecule has 0 amide bonds. The molecule has 0 bridgehead atoms. The van der Waals surface area contributed by atoms with Gasteiger partial charge in [0.15, 0.2) is 0 Å². The lowest BCUT2D eigenvalue weighted by Crippen LogP contribution is -2.43. The van der Waals surface area contributed by atoms with Crippen molar-refractivity contribution in [2.24, 2.45) is 16.6 Å². The van der Waals surface area contributed by atoms with Crippen LogP contribution in [0, 0.1) is 10.8 Å². The highest BCUT2D eigenvalue weighted by atomic mass is 16.5. The number of aliphatic hydroxyl groups is 1. The molecule has 4 heteroatoms. The van der Waals surface area contributed by atoms with Crippen molar-refractivity contribution < 1.29 is 14.6 Å². The Bertz CT molecular complexity index is 458. The van der Waals surface area contributed by atoms with E-state index < -0.39 is 0 Å². The molecule has 1 fully saturated rings. The molecule has 0 spiro atoms. The van der Waals surface area contributed by atoms with Crippen LogP contribution in [0.5, 0.6) is 11.5 Å². The summed E-state index contributed by atoms with van der Waals surface area (Å²) in [6.07, 6.45) is 2.38.